The van der Waals surface area contributed by atoms with Crippen LogP contribution in [0.3, 0.4) is 0 Å². The van der Waals surface area contributed by atoms with Crippen molar-refractivity contribution in [3.8, 4) is 0 Å². The molecule has 0 aliphatic heterocycles. The summed E-state index contributed by atoms with van der Waals surface area (Å²) < 4.78 is 36.4. The molecule has 2 aromatic rings. The van der Waals surface area contributed by atoms with Crippen molar-refractivity contribution in [2.24, 2.45) is 0 Å². The minimum atomic E-state index is -3.89. The molecule has 1 atom stereocenters. The van der Waals surface area contributed by atoms with Gasteiger partial charge in [0, 0.05) is 11.1 Å². The summed E-state index contributed by atoms with van der Waals surface area (Å²) in [6.07, 6.45) is 0.202. The van der Waals surface area contributed by atoms with Crippen molar-refractivity contribution in [2.45, 2.75) is 40.7 Å². The Balaban J connectivity index is 1.97. The Labute approximate surface area is 193 Å². The first kappa shape index (κ1) is 26.0. The maximum atomic E-state index is 12.7. The number of ketones is 1. The number of ether oxygens (including phenoxy) is 2. The van der Waals surface area contributed by atoms with Crippen molar-refractivity contribution in [1.29, 1.82) is 0 Å². The Morgan fingerprint density at radius 2 is 1.76 bits per heavy atom. The number of H-pyrrole nitrogens is 1. The number of carbonyl (C=O) groups is 3. The van der Waals surface area contributed by atoms with Crippen LogP contribution in [0, 0.1) is 20.8 Å². The molecule has 0 bridgehead atoms. The van der Waals surface area contributed by atoms with Gasteiger partial charge in [-0.3, -0.25) is 9.59 Å². The highest BCUT2D eigenvalue weighted by Gasteiger charge is 2.27. The molecule has 0 radical (unpaired) electrons. The lowest BCUT2D eigenvalue weighted by molar-refractivity contribution is -0.144. The van der Waals surface area contributed by atoms with Crippen molar-refractivity contribution >= 4 is 33.8 Å². The molecule has 1 heterocycles. The van der Waals surface area contributed by atoms with Crippen molar-refractivity contribution in [2.75, 3.05) is 13.2 Å². The molecular weight excluding hydrogens is 448 g/mol. The monoisotopic (exact) mass is 476 g/mol. The van der Waals surface area contributed by atoms with Crippen LogP contribution in [0.15, 0.2) is 29.7 Å². The van der Waals surface area contributed by atoms with E-state index in [1.54, 1.807) is 32.9 Å². The van der Waals surface area contributed by atoms with Crippen LogP contribution in [0.2, 0.25) is 0 Å². The average molecular weight is 477 g/mol. The third-order valence-corrected chi connectivity index (χ3v) is 5.82. The minimum Gasteiger partial charge on any atom is -0.462 e. The van der Waals surface area contributed by atoms with E-state index >= 15 is 0 Å². The second kappa shape index (κ2) is 11.1. The maximum absolute atomic E-state index is 12.7. The highest BCUT2D eigenvalue weighted by atomic mass is 32.2. The fraction of sp³-hybridized carbons (Fsp3) is 0.348. The van der Waals surface area contributed by atoms with E-state index in [2.05, 4.69) is 9.71 Å². The number of rotatable bonds is 10. The largest absolute Gasteiger partial charge is 0.462 e. The van der Waals surface area contributed by atoms with Gasteiger partial charge in [-0.05, 0) is 51.8 Å². The molecule has 2 N–H and O–H groups in total. The van der Waals surface area contributed by atoms with Gasteiger partial charge in [0.25, 0.3) is 0 Å². The molecule has 0 amide bonds. The Morgan fingerprint density at radius 1 is 1.12 bits per heavy atom. The number of esters is 2. The lowest BCUT2D eigenvalue weighted by Gasteiger charge is -2.12. The van der Waals surface area contributed by atoms with E-state index in [-0.39, 0.29) is 17.9 Å². The van der Waals surface area contributed by atoms with Gasteiger partial charge in [0.05, 0.1) is 17.9 Å². The number of carbonyl (C=O) groups excluding carboxylic acids is 3. The third-order valence-electron chi connectivity index (χ3n) is 4.78. The quantitative estimate of drug-likeness (QED) is 0.398. The first-order chi connectivity index (χ1) is 15.4. The third kappa shape index (κ3) is 7.13. The first-order valence-electron chi connectivity index (χ1n) is 10.3. The average Bonchev–Trinajstić information content (AvgIpc) is 3.05. The van der Waals surface area contributed by atoms with Crippen molar-refractivity contribution in [3.63, 3.8) is 0 Å². The van der Waals surface area contributed by atoms with Crippen molar-refractivity contribution < 1.29 is 32.3 Å². The van der Waals surface area contributed by atoms with Crippen molar-refractivity contribution in [1.82, 2.24) is 9.71 Å². The Kier molecular flexibility index (Phi) is 8.72. The van der Waals surface area contributed by atoms with E-state index in [1.807, 2.05) is 19.1 Å². The molecular formula is C23H28N2O7S. The van der Waals surface area contributed by atoms with Gasteiger partial charge >= 0.3 is 11.9 Å². The summed E-state index contributed by atoms with van der Waals surface area (Å²) in [7, 11) is -3.89. The molecule has 0 aliphatic rings. The first-order valence-corrected chi connectivity index (χ1v) is 11.8. The lowest BCUT2D eigenvalue weighted by Crippen LogP contribution is -2.33. The summed E-state index contributed by atoms with van der Waals surface area (Å²) in [4.78, 5) is 39.7. The highest BCUT2D eigenvalue weighted by molar-refractivity contribution is 7.92. The number of benzene rings is 1. The summed E-state index contributed by atoms with van der Waals surface area (Å²) in [6.45, 7) is 7.73. The molecule has 178 valence electrons. The van der Waals surface area contributed by atoms with Crippen LogP contribution in [-0.2, 0) is 24.3 Å². The van der Waals surface area contributed by atoms with Crippen LogP contribution in [-0.4, -0.2) is 50.4 Å². The second-order valence-electron chi connectivity index (χ2n) is 7.42. The molecule has 10 heteroatoms. The minimum absolute atomic E-state index is 0.123. The zero-order chi connectivity index (χ0) is 24.8. The maximum Gasteiger partial charge on any atom is 0.340 e. The van der Waals surface area contributed by atoms with Crippen LogP contribution >= 0.6 is 0 Å². The van der Waals surface area contributed by atoms with Gasteiger partial charge in [-0.25, -0.2) is 17.9 Å². The van der Waals surface area contributed by atoms with Gasteiger partial charge in [-0.15, -0.1) is 0 Å². The Morgan fingerprint density at radius 3 is 2.36 bits per heavy atom. The SMILES string of the molecule is CCOC(=O)c1c(C)[nH]c(C(=O)[C@H](C)OC(=O)CNS(=O)(=O)/C=C/c2ccc(C)cc2)c1C. The number of aryl methyl sites for hydroxylation is 2. The zero-order valence-corrected chi connectivity index (χ0v) is 20.0. The van der Waals surface area contributed by atoms with E-state index < -0.39 is 40.4 Å². The summed E-state index contributed by atoms with van der Waals surface area (Å²) in [5.74, 6) is -2.03. The number of sulfonamides is 1. The number of aromatic amines is 1. The molecule has 1 aromatic heterocycles. The van der Waals surface area contributed by atoms with Crippen LogP contribution in [0.5, 0.6) is 0 Å². The number of aromatic nitrogens is 1. The molecule has 0 unspecified atom stereocenters. The predicted octanol–water partition coefficient (Wildman–Crippen LogP) is 2.82. The topological polar surface area (TPSA) is 132 Å². The summed E-state index contributed by atoms with van der Waals surface area (Å²) >= 11 is 0. The fourth-order valence-corrected chi connectivity index (χ4v) is 3.81. The Bertz CT molecular complexity index is 1160. The summed E-state index contributed by atoms with van der Waals surface area (Å²) in [5.41, 5.74) is 2.96. The van der Waals surface area contributed by atoms with E-state index in [9.17, 15) is 22.8 Å². The molecule has 0 fully saturated rings. The van der Waals surface area contributed by atoms with Crippen LogP contribution < -0.4 is 4.72 Å². The van der Waals surface area contributed by atoms with E-state index in [1.165, 1.54) is 13.0 Å². The van der Waals surface area contributed by atoms with E-state index in [4.69, 9.17) is 9.47 Å². The number of hydrogen-bond acceptors (Lipinski definition) is 7. The molecule has 9 nitrogen and oxygen atoms in total. The van der Waals surface area contributed by atoms with Crippen LogP contribution in [0.1, 0.15) is 57.1 Å². The number of hydrogen-bond donors (Lipinski definition) is 2. The second-order valence-corrected chi connectivity index (χ2v) is 9.07. The zero-order valence-electron chi connectivity index (χ0n) is 19.2. The van der Waals surface area contributed by atoms with Gasteiger partial charge in [0.15, 0.2) is 6.10 Å². The molecule has 33 heavy (non-hydrogen) atoms. The van der Waals surface area contributed by atoms with Gasteiger partial charge in [0.2, 0.25) is 15.8 Å². The number of nitrogens with one attached hydrogen (secondary N) is 2. The number of Topliss-reactive ketones (excluding diaryl/α,β-unsaturated/α-hetero) is 1. The van der Waals surface area contributed by atoms with Gasteiger partial charge < -0.3 is 14.5 Å². The van der Waals surface area contributed by atoms with Crippen LogP contribution in [0.25, 0.3) is 6.08 Å². The smallest absolute Gasteiger partial charge is 0.340 e. The van der Waals surface area contributed by atoms with E-state index in [0.29, 0.717) is 16.8 Å². The highest BCUT2D eigenvalue weighted by Crippen LogP contribution is 2.21. The predicted molar refractivity (Wildman–Crippen MR) is 123 cm³/mol. The van der Waals surface area contributed by atoms with Gasteiger partial charge in [0.1, 0.15) is 6.54 Å². The van der Waals surface area contributed by atoms with E-state index in [0.717, 1.165) is 11.0 Å². The molecule has 2 rings (SSSR count). The molecule has 0 aliphatic carbocycles. The lowest BCUT2D eigenvalue weighted by atomic mass is 10.1. The summed E-state index contributed by atoms with van der Waals surface area (Å²) in [5, 5.41) is 0.946. The van der Waals surface area contributed by atoms with Crippen molar-refractivity contribution in [3.05, 3.63) is 63.3 Å². The molecule has 1 aromatic carbocycles. The fourth-order valence-electron chi connectivity index (χ4n) is 3.05. The standard InChI is InChI=1S/C23H28N2O7S/c1-6-31-23(28)20-15(3)21(25-16(20)4)22(27)17(5)32-19(26)13-24-33(29,30)12-11-18-9-7-14(2)8-10-18/h7-12,17,24-25H,6,13H2,1-5H3/b12-11+/t17-/m0/s1. The molecule has 0 saturated carbocycles. The van der Waals surface area contributed by atoms with Gasteiger partial charge in [-0.2, -0.15) is 0 Å². The Hall–Kier alpha value is -3.24. The molecule has 0 spiro atoms. The van der Waals surface area contributed by atoms with Crippen LogP contribution in [0.4, 0.5) is 0 Å². The summed E-state index contributed by atoms with van der Waals surface area (Å²) in [6, 6.07) is 7.22. The molecule has 0 saturated heterocycles. The van der Waals surface area contributed by atoms with Gasteiger partial charge in [-0.1, -0.05) is 29.8 Å². The normalized spacial score (nSPS) is 12.5.